The first-order valence-electron chi connectivity index (χ1n) is 9.84. The average molecular weight is 427 g/mol. The van der Waals surface area contributed by atoms with Gasteiger partial charge in [0.1, 0.15) is 5.75 Å². The number of hydrogen-bond donors (Lipinski definition) is 0. The van der Waals surface area contributed by atoms with E-state index in [4.69, 9.17) is 21.3 Å². The number of nitrogens with zero attached hydrogens (tertiary/aromatic N) is 2. The highest BCUT2D eigenvalue weighted by Crippen LogP contribution is 2.34. The fraction of sp³-hybridized carbons (Fsp3) is 0.304. The van der Waals surface area contributed by atoms with Crippen LogP contribution in [0, 0.1) is 0 Å². The van der Waals surface area contributed by atoms with Gasteiger partial charge in [-0.1, -0.05) is 48.4 Å². The third-order valence-electron chi connectivity index (χ3n) is 5.17. The number of carbonyl (C=O) groups excluding carboxylic acids is 1. The zero-order chi connectivity index (χ0) is 20.1. The van der Waals surface area contributed by atoms with Gasteiger partial charge in [0.2, 0.25) is 6.23 Å². The molecule has 0 saturated carbocycles. The number of hydrogen-bond acceptors (Lipinski definition) is 5. The lowest BCUT2D eigenvalue weighted by Crippen LogP contribution is -2.45. The van der Waals surface area contributed by atoms with E-state index in [0.29, 0.717) is 5.75 Å². The van der Waals surface area contributed by atoms with Gasteiger partial charge < -0.3 is 4.74 Å². The number of benzene rings is 2. The quantitative estimate of drug-likeness (QED) is 0.466. The van der Waals surface area contributed by atoms with E-state index in [-0.39, 0.29) is 6.04 Å². The van der Waals surface area contributed by atoms with Crippen LogP contribution < -0.4 is 4.74 Å². The van der Waals surface area contributed by atoms with Crippen LogP contribution in [0.25, 0.3) is 0 Å². The molecule has 3 aromatic rings. The normalized spacial score (nSPS) is 18.3. The lowest BCUT2D eigenvalue weighted by molar-refractivity contribution is -0.125. The second-order valence-electron chi connectivity index (χ2n) is 7.18. The van der Waals surface area contributed by atoms with Crippen molar-refractivity contribution < 1.29 is 9.53 Å². The van der Waals surface area contributed by atoms with Crippen molar-refractivity contribution in [3.63, 3.8) is 0 Å². The van der Waals surface area contributed by atoms with Crippen LogP contribution in [0.4, 0.5) is 0 Å². The van der Waals surface area contributed by atoms with Crippen molar-refractivity contribution >= 4 is 29.2 Å². The molecule has 29 heavy (non-hydrogen) atoms. The highest BCUT2D eigenvalue weighted by atomic mass is 35.5. The molecule has 0 spiro atoms. The average Bonchev–Trinajstić information content (AvgIpc) is 3.23. The van der Waals surface area contributed by atoms with Crippen molar-refractivity contribution in [3.05, 3.63) is 81.3 Å². The van der Waals surface area contributed by atoms with Crippen molar-refractivity contribution in [1.29, 1.82) is 0 Å². The standard InChI is InChI=1S/C23H23ClN2O2S/c24-18-11-9-17(10-12-18)14-22-25-20(16-29-22)21-8-4-5-13-26(21)23(15-27)28-19-6-2-1-3-7-19/h1-3,6-7,9-12,15-16,21,23H,4-5,8,13-14H2/t21-,23?/m1/s1. The van der Waals surface area contributed by atoms with Crippen LogP contribution in [-0.2, 0) is 11.2 Å². The Hall–Kier alpha value is -2.21. The summed E-state index contributed by atoms with van der Waals surface area (Å²) in [5.74, 6) is 0.704. The molecule has 0 N–H and O–H groups in total. The van der Waals surface area contributed by atoms with E-state index in [1.54, 1.807) is 11.3 Å². The molecule has 1 aromatic heterocycles. The molecule has 0 aliphatic carbocycles. The van der Waals surface area contributed by atoms with Crippen LogP contribution >= 0.6 is 22.9 Å². The number of rotatable bonds is 7. The molecule has 1 aliphatic rings. The smallest absolute Gasteiger partial charge is 0.209 e. The zero-order valence-corrected chi connectivity index (χ0v) is 17.6. The van der Waals surface area contributed by atoms with Gasteiger partial charge in [-0.15, -0.1) is 11.3 Å². The van der Waals surface area contributed by atoms with Gasteiger partial charge in [0.05, 0.1) is 16.7 Å². The van der Waals surface area contributed by atoms with Crippen LogP contribution in [0.15, 0.2) is 60.0 Å². The molecule has 4 nitrogen and oxygen atoms in total. The molecule has 4 rings (SSSR count). The van der Waals surface area contributed by atoms with Gasteiger partial charge in [0.15, 0.2) is 6.29 Å². The molecule has 2 atom stereocenters. The van der Waals surface area contributed by atoms with Crippen molar-refractivity contribution in [3.8, 4) is 5.75 Å². The van der Waals surface area contributed by atoms with E-state index in [2.05, 4.69) is 10.3 Å². The minimum absolute atomic E-state index is 0.0953. The Bertz CT molecular complexity index is 930. The SMILES string of the molecule is O=CC(Oc1ccccc1)N1CCCC[C@@H]1c1csc(Cc2ccc(Cl)cc2)n1. The number of thiazole rings is 1. The molecule has 1 fully saturated rings. The van der Waals surface area contributed by atoms with Crippen LogP contribution in [0.5, 0.6) is 5.75 Å². The first-order chi connectivity index (χ1) is 14.2. The van der Waals surface area contributed by atoms with Crippen LogP contribution in [0.3, 0.4) is 0 Å². The predicted molar refractivity (Wildman–Crippen MR) is 117 cm³/mol. The molecule has 1 aliphatic heterocycles. The van der Waals surface area contributed by atoms with Crippen molar-refractivity contribution in [2.45, 2.75) is 38.0 Å². The summed E-state index contributed by atoms with van der Waals surface area (Å²) in [4.78, 5) is 18.9. The van der Waals surface area contributed by atoms with E-state index >= 15 is 0 Å². The molecule has 1 saturated heterocycles. The third kappa shape index (κ3) is 5.04. The minimum atomic E-state index is -0.607. The second kappa shape index (κ2) is 9.53. The third-order valence-corrected chi connectivity index (χ3v) is 6.29. The minimum Gasteiger partial charge on any atom is -0.468 e. The molecule has 0 bridgehead atoms. The summed E-state index contributed by atoms with van der Waals surface area (Å²) in [7, 11) is 0. The summed E-state index contributed by atoms with van der Waals surface area (Å²) in [6.45, 7) is 0.824. The van der Waals surface area contributed by atoms with Crippen LogP contribution in [0.1, 0.15) is 41.6 Å². The number of ether oxygens (including phenoxy) is 1. The summed E-state index contributed by atoms with van der Waals surface area (Å²) < 4.78 is 5.99. The Kier molecular flexibility index (Phi) is 6.60. The number of carbonyl (C=O) groups is 1. The number of likely N-dealkylation sites (tertiary alicyclic amines) is 1. The summed E-state index contributed by atoms with van der Waals surface area (Å²) in [6.07, 6.45) is 4.23. The Morgan fingerprint density at radius 1 is 1.17 bits per heavy atom. The summed E-state index contributed by atoms with van der Waals surface area (Å²) >= 11 is 7.65. The molecule has 2 aromatic carbocycles. The maximum Gasteiger partial charge on any atom is 0.209 e. The molecule has 0 radical (unpaired) electrons. The predicted octanol–water partition coefficient (Wildman–Crippen LogP) is 5.52. The maximum absolute atomic E-state index is 11.9. The highest BCUT2D eigenvalue weighted by Gasteiger charge is 2.32. The van der Waals surface area contributed by atoms with Crippen LogP contribution in [-0.4, -0.2) is 28.9 Å². The van der Waals surface area contributed by atoms with E-state index < -0.39 is 6.23 Å². The van der Waals surface area contributed by atoms with Crippen molar-refractivity contribution in [2.24, 2.45) is 0 Å². The number of halogens is 1. The molecule has 1 unspecified atom stereocenters. The fourth-order valence-corrected chi connectivity index (χ4v) is 4.73. The monoisotopic (exact) mass is 426 g/mol. The van der Waals surface area contributed by atoms with Gasteiger partial charge >= 0.3 is 0 Å². The number of para-hydroxylation sites is 1. The van der Waals surface area contributed by atoms with Gasteiger partial charge in [0, 0.05) is 23.4 Å². The first kappa shape index (κ1) is 20.1. The molecular weight excluding hydrogens is 404 g/mol. The second-order valence-corrected chi connectivity index (χ2v) is 8.56. The van der Waals surface area contributed by atoms with E-state index in [0.717, 1.165) is 54.2 Å². The summed E-state index contributed by atoms with van der Waals surface area (Å²) in [6, 6.07) is 17.5. The fourth-order valence-electron chi connectivity index (χ4n) is 3.72. The lowest BCUT2D eigenvalue weighted by atomic mass is 9.99. The number of aldehydes is 1. The molecule has 0 amide bonds. The van der Waals surface area contributed by atoms with Gasteiger partial charge in [-0.05, 0) is 42.7 Å². The first-order valence-corrected chi connectivity index (χ1v) is 11.1. The Morgan fingerprint density at radius 3 is 2.72 bits per heavy atom. The Labute approximate surface area is 180 Å². The topological polar surface area (TPSA) is 42.4 Å². The summed E-state index contributed by atoms with van der Waals surface area (Å²) in [5.41, 5.74) is 2.22. The van der Waals surface area contributed by atoms with Crippen molar-refractivity contribution in [2.75, 3.05) is 6.54 Å². The zero-order valence-electron chi connectivity index (χ0n) is 16.0. The Balaban J connectivity index is 1.50. The number of piperidine rings is 1. The molecule has 150 valence electrons. The number of aromatic nitrogens is 1. The van der Waals surface area contributed by atoms with E-state index in [1.807, 2.05) is 54.6 Å². The largest absolute Gasteiger partial charge is 0.468 e. The van der Waals surface area contributed by atoms with Gasteiger partial charge in [-0.2, -0.15) is 0 Å². The molecule has 2 heterocycles. The van der Waals surface area contributed by atoms with Crippen LogP contribution in [0.2, 0.25) is 5.02 Å². The van der Waals surface area contributed by atoms with Gasteiger partial charge in [-0.25, -0.2) is 4.98 Å². The van der Waals surface area contributed by atoms with Crippen molar-refractivity contribution in [1.82, 2.24) is 9.88 Å². The Morgan fingerprint density at radius 2 is 1.97 bits per heavy atom. The summed E-state index contributed by atoms with van der Waals surface area (Å²) in [5, 5.41) is 3.93. The van der Waals surface area contributed by atoms with E-state index in [9.17, 15) is 4.79 Å². The molecular formula is C23H23ClN2O2S. The maximum atomic E-state index is 11.9. The lowest BCUT2D eigenvalue weighted by Gasteiger charge is -2.37. The van der Waals surface area contributed by atoms with E-state index in [1.165, 1.54) is 5.56 Å². The van der Waals surface area contributed by atoms with Gasteiger partial charge in [0.25, 0.3) is 0 Å². The molecule has 6 heteroatoms. The highest BCUT2D eigenvalue weighted by molar-refractivity contribution is 7.09. The van der Waals surface area contributed by atoms with Gasteiger partial charge in [-0.3, -0.25) is 9.69 Å².